The van der Waals surface area contributed by atoms with Gasteiger partial charge in [0.2, 0.25) is 0 Å². The molecule has 3 rings (SSSR count). The highest BCUT2D eigenvalue weighted by Gasteiger charge is 2.22. The number of carboxylic acid groups (broad SMARTS) is 1. The Bertz CT molecular complexity index is 765. The monoisotopic (exact) mass is 269 g/mol. The zero-order valence-corrected chi connectivity index (χ0v) is 10.5. The van der Waals surface area contributed by atoms with Crippen LogP contribution in [0.5, 0.6) is 0 Å². The summed E-state index contributed by atoms with van der Waals surface area (Å²) in [7, 11) is 0. The Kier molecular flexibility index (Phi) is 2.99. The molecule has 3 nitrogen and oxygen atoms in total. The lowest BCUT2D eigenvalue weighted by molar-refractivity contribution is -0.139. The number of nitrogens with zero attached hydrogens (tertiary/aromatic N) is 1. The highest BCUT2D eigenvalue weighted by Crippen LogP contribution is 2.26. The summed E-state index contributed by atoms with van der Waals surface area (Å²) < 4.78 is 14.8. The average molecular weight is 269 g/mol. The lowest BCUT2D eigenvalue weighted by Crippen LogP contribution is -2.19. The Morgan fingerprint density at radius 1 is 1.10 bits per heavy atom. The molecule has 0 amide bonds. The van der Waals surface area contributed by atoms with E-state index in [-0.39, 0.29) is 5.82 Å². The number of carbonyl (C=O) groups is 1. The largest absolute Gasteiger partial charge is 0.479 e. The van der Waals surface area contributed by atoms with Gasteiger partial charge in [0.15, 0.2) is 6.04 Å². The van der Waals surface area contributed by atoms with Crippen LogP contribution in [0.2, 0.25) is 0 Å². The van der Waals surface area contributed by atoms with Crippen molar-refractivity contribution >= 4 is 16.9 Å². The molecule has 4 heteroatoms. The molecule has 0 fully saturated rings. The van der Waals surface area contributed by atoms with Gasteiger partial charge in [-0.1, -0.05) is 30.3 Å². The molecule has 100 valence electrons. The van der Waals surface area contributed by atoms with Crippen molar-refractivity contribution in [3.8, 4) is 0 Å². The third-order valence-electron chi connectivity index (χ3n) is 3.31. The number of fused-ring (bicyclic) bond motifs is 1. The van der Waals surface area contributed by atoms with Gasteiger partial charge in [0.05, 0.1) is 0 Å². The number of hydrogen-bond acceptors (Lipinski definition) is 1. The van der Waals surface area contributed by atoms with Crippen LogP contribution in [0, 0.1) is 5.82 Å². The van der Waals surface area contributed by atoms with E-state index in [4.69, 9.17) is 0 Å². The summed E-state index contributed by atoms with van der Waals surface area (Å²) in [6.45, 7) is 0. The van der Waals surface area contributed by atoms with Crippen LogP contribution < -0.4 is 0 Å². The Hall–Kier alpha value is -2.62. The van der Waals surface area contributed by atoms with Crippen molar-refractivity contribution in [3.05, 3.63) is 72.2 Å². The number of carboxylic acids is 1. The van der Waals surface area contributed by atoms with Crippen molar-refractivity contribution < 1.29 is 14.3 Å². The van der Waals surface area contributed by atoms with E-state index in [2.05, 4.69) is 0 Å². The van der Waals surface area contributed by atoms with Crippen LogP contribution in [-0.2, 0) is 4.79 Å². The molecule has 1 atom stereocenters. The van der Waals surface area contributed by atoms with Gasteiger partial charge in [0.25, 0.3) is 0 Å². The van der Waals surface area contributed by atoms with Gasteiger partial charge in [-0.3, -0.25) is 0 Å². The zero-order valence-electron chi connectivity index (χ0n) is 10.5. The van der Waals surface area contributed by atoms with Gasteiger partial charge in [-0.05, 0) is 29.8 Å². The maximum atomic E-state index is 13.2. The third kappa shape index (κ3) is 2.05. The quantitative estimate of drug-likeness (QED) is 0.791. The van der Waals surface area contributed by atoms with Crippen molar-refractivity contribution in [1.82, 2.24) is 4.57 Å². The van der Waals surface area contributed by atoms with E-state index in [9.17, 15) is 14.3 Å². The molecule has 0 saturated carbocycles. The predicted molar refractivity (Wildman–Crippen MR) is 74.1 cm³/mol. The molecule has 1 N–H and O–H groups in total. The van der Waals surface area contributed by atoms with Crippen LogP contribution >= 0.6 is 0 Å². The summed E-state index contributed by atoms with van der Waals surface area (Å²) in [5.74, 6) is -1.28. The van der Waals surface area contributed by atoms with Crippen molar-refractivity contribution in [3.63, 3.8) is 0 Å². The molecular formula is C16H12FNO2. The molecule has 0 radical (unpaired) electrons. The Balaban J connectivity index is 2.18. The second kappa shape index (κ2) is 4.81. The fraction of sp³-hybridized carbons (Fsp3) is 0.0625. The molecule has 1 unspecified atom stereocenters. The molecule has 20 heavy (non-hydrogen) atoms. The lowest BCUT2D eigenvalue weighted by atomic mass is 10.1. The SMILES string of the molecule is O=C(O)C(c1ccccc1)n1ccc2cc(F)ccc21. The number of benzene rings is 2. The van der Waals surface area contributed by atoms with Crippen LogP contribution in [-0.4, -0.2) is 15.6 Å². The first-order valence-electron chi connectivity index (χ1n) is 6.20. The van der Waals surface area contributed by atoms with E-state index in [1.54, 1.807) is 47.2 Å². The van der Waals surface area contributed by atoms with Gasteiger partial charge >= 0.3 is 5.97 Å². The topological polar surface area (TPSA) is 42.2 Å². The van der Waals surface area contributed by atoms with E-state index < -0.39 is 12.0 Å². The predicted octanol–water partition coefficient (Wildman–Crippen LogP) is 3.45. The maximum absolute atomic E-state index is 13.2. The summed E-state index contributed by atoms with van der Waals surface area (Å²) in [5.41, 5.74) is 1.38. The normalized spacial score (nSPS) is 12.4. The minimum Gasteiger partial charge on any atom is -0.479 e. The third-order valence-corrected chi connectivity index (χ3v) is 3.31. The molecule has 0 saturated heterocycles. The van der Waals surface area contributed by atoms with Gasteiger partial charge < -0.3 is 9.67 Å². The first kappa shape index (κ1) is 12.4. The summed E-state index contributed by atoms with van der Waals surface area (Å²) in [4.78, 5) is 11.6. The summed E-state index contributed by atoms with van der Waals surface area (Å²) in [6.07, 6.45) is 1.68. The van der Waals surface area contributed by atoms with Crippen molar-refractivity contribution in [2.24, 2.45) is 0 Å². The number of aliphatic carboxylic acids is 1. The molecule has 1 aromatic heterocycles. The summed E-state index contributed by atoms with van der Waals surface area (Å²) >= 11 is 0. The van der Waals surface area contributed by atoms with Crippen LogP contribution in [0.25, 0.3) is 10.9 Å². The Labute approximate surface area is 114 Å². The van der Waals surface area contributed by atoms with Gasteiger partial charge in [-0.15, -0.1) is 0 Å². The standard InChI is InChI=1S/C16H12FNO2/c17-13-6-7-14-12(10-13)8-9-18(14)15(16(19)20)11-4-2-1-3-5-11/h1-10,15H,(H,19,20). The first-order chi connectivity index (χ1) is 9.66. The molecule has 0 spiro atoms. The van der Waals surface area contributed by atoms with Crippen LogP contribution in [0.15, 0.2) is 60.8 Å². The van der Waals surface area contributed by atoms with Crippen molar-refractivity contribution in [2.45, 2.75) is 6.04 Å². The van der Waals surface area contributed by atoms with E-state index in [1.807, 2.05) is 6.07 Å². The molecule has 0 bridgehead atoms. The highest BCUT2D eigenvalue weighted by atomic mass is 19.1. The molecule has 2 aromatic carbocycles. The fourth-order valence-electron chi connectivity index (χ4n) is 2.42. The van der Waals surface area contributed by atoms with Crippen LogP contribution in [0.1, 0.15) is 11.6 Å². The molecule has 3 aromatic rings. The van der Waals surface area contributed by atoms with Gasteiger partial charge in [0.1, 0.15) is 5.82 Å². The minimum absolute atomic E-state index is 0.332. The minimum atomic E-state index is -0.946. The second-order valence-electron chi connectivity index (χ2n) is 4.58. The number of halogens is 1. The second-order valence-corrected chi connectivity index (χ2v) is 4.58. The smallest absolute Gasteiger partial charge is 0.331 e. The van der Waals surface area contributed by atoms with E-state index in [1.165, 1.54) is 12.1 Å². The van der Waals surface area contributed by atoms with E-state index >= 15 is 0 Å². The number of hydrogen-bond donors (Lipinski definition) is 1. The number of rotatable bonds is 3. The van der Waals surface area contributed by atoms with Gasteiger partial charge in [0, 0.05) is 17.1 Å². The van der Waals surface area contributed by atoms with Crippen LogP contribution in [0.3, 0.4) is 0 Å². The van der Waals surface area contributed by atoms with E-state index in [0.29, 0.717) is 16.5 Å². The Morgan fingerprint density at radius 2 is 1.85 bits per heavy atom. The average Bonchev–Trinajstić information content (AvgIpc) is 2.83. The van der Waals surface area contributed by atoms with Gasteiger partial charge in [-0.25, -0.2) is 9.18 Å². The highest BCUT2D eigenvalue weighted by molar-refractivity contribution is 5.84. The fourth-order valence-corrected chi connectivity index (χ4v) is 2.42. The van der Waals surface area contributed by atoms with Crippen molar-refractivity contribution in [2.75, 3.05) is 0 Å². The molecule has 0 aliphatic rings. The lowest BCUT2D eigenvalue weighted by Gasteiger charge is -2.16. The zero-order chi connectivity index (χ0) is 14.1. The molecule has 0 aliphatic carbocycles. The summed E-state index contributed by atoms with van der Waals surface area (Å²) in [6, 6.07) is 14.2. The summed E-state index contributed by atoms with van der Waals surface area (Å²) in [5, 5.41) is 10.2. The molecule has 0 aliphatic heterocycles. The van der Waals surface area contributed by atoms with Crippen molar-refractivity contribution in [1.29, 1.82) is 0 Å². The van der Waals surface area contributed by atoms with Gasteiger partial charge in [-0.2, -0.15) is 0 Å². The first-order valence-corrected chi connectivity index (χ1v) is 6.20. The molecular weight excluding hydrogens is 257 g/mol. The van der Waals surface area contributed by atoms with Crippen LogP contribution in [0.4, 0.5) is 4.39 Å². The molecule has 1 heterocycles. The van der Waals surface area contributed by atoms with E-state index in [0.717, 1.165) is 0 Å². The number of aromatic nitrogens is 1. The maximum Gasteiger partial charge on any atom is 0.331 e. The Morgan fingerprint density at radius 3 is 2.55 bits per heavy atom.